The highest BCUT2D eigenvalue weighted by molar-refractivity contribution is 6.34. The number of benzene rings is 1. The van der Waals surface area contributed by atoms with Crippen LogP contribution in [-0.4, -0.2) is 41.5 Å². The molecule has 1 aromatic rings. The Hall–Kier alpha value is -0.900. The number of likely N-dealkylation sites (tertiary alicyclic amines) is 1. The molecular weight excluding hydrogens is 250 g/mol. The average Bonchev–Trinajstić information content (AvgIpc) is 2.39. The highest BCUT2D eigenvalue weighted by Crippen LogP contribution is 2.20. The summed E-state index contributed by atoms with van der Waals surface area (Å²) in [6.07, 6.45) is 3.18. The second-order valence-electron chi connectivity index (χ2n) is 4.71. The minimum Gasteiger partial charge on any atom is -0.395 e. The summed E-state index contributed by atoms with van der Waals surface area (Å²) in [6.45, 7) is 1.34. The van der Waals surface area contributed by atoms with Crippen LogP contribution in [0, 0.1) is 0 Å². The van der Waals surface area contributed by atoms with Gasteiger partial charge in [-0.25, -0.2) is 0 Å². The quantitative estimate of drug-likeness (QED) is 0.852. The zero-order valence-corrected chi connectivity index (χ0v) is 11.1. The highest BCUT2D eigenvalue weighted by atomic mass is 35.5. The van der Waals surface area contributed by atoms with Crippen molar-refractivity contribution >= 4 is 17.4 Å². The first-order valence-electron chi connectivity index (χ1n) is 6.35. The van der Waals surface area contributed by atoms with Crippen molar-refractivity contribution in [3.05, 3.63) is 34.9 Å². The predicted molar refractivity (Wildman–Crippen MR) is 72.1 cm³/mol. The van der Waals surface area contributed by atoms with Crippen molar-refractivity contribution in [1.82, 2.24) is 4.90 Å². The fourth-order valence-electron chi connectivity index (χ4n) is 2.43. The average molecular weight is 268 g/mol. The first-order valence-corrected chi connectivity index (χ1v) is 6.73. The van der Waals surface area contributed by atoms with E-state index in [1.807, 2.05) is 12.1 Å². The molecule has 0 saturated carbocycles. The Labute approximate surface area is 112 Å². The Morgan fingerprint density at radius 2 is 2.17 bits per heavy atom. The monoisotopic (exact) mass is 267 g/mol. The molecule has 1 aliphatic heterocycles. The molecule has 1 aliphatic rings. The van der Waals surface area contributed by atoms with Crippen LogP contribution in [0.3, 0.4) is 0 Å². The van der Waals surface area contributed by atoms with Crippen LogP contribution in [-0.2, 0) is 0 Å². The van der Waals surface area contributed by atoms with E-state index in [-0.39, 0.29) is 18.4 Å². The fourth-order valence-corrected chi connectivity index (χ4v) is 2.67. The zero-order chi connectivity index (χ0) is 13.0. The number of carbonyl (C=O) groups excluding carboxylic acids is 1. The van der Waals surface area contributed by atoms with Crippen LogP contribution in [0.15, 0.2) is 24.3 Å². The van der Waals surface area contributed by atoms with E-state index in [1.165, 1.54) is 0 Å². The third-order valence-electron chi connectivity index (χ3n) is 3.48. The molecule has 3 nitrogen and oxygen atoms in total. The minimum atomic E-state index is 0.0287. The van der Waals surface area contributed by atoms with Crippen molar-refractivity contribution in [2.45, 2.75) is 25.3 Å². The van der Waals surface area contributed by atoms with Crippen LogP contribution in [0.2, 0.25) is 5.02 Å². The molecular formula is C14H18ClNO2. The number of piperidine rings is 1. The SMILES string of the molecule is O=C(CN1CCCCC1CO)c1ccccc1Cl. The maximum absolute atomic E-state index is 12.2. The number of halogens is 1. The largest absolute Gasteiger partial charge is 0.395 e. The van der Waals surface area contributed by atoms with E-state index >= 15 is 0 Å². The minimum absolute atomic E-state index is 0.0287. The van der Waals surface area contributed by atoms with Gasteiger partial charge in [-0.05, 0) is 31.5 Å². The summed E-state index contributed by atoms with van der Waals surface area (Å²) in [5, 5.41) is 9.82. The van der Waals surface area contributed by atoms with Crippen molar-refractivity contribution in [2.24, 2.45) is 0 Å². The van der Waals surface area contributed by atoms with Crippen LogP contribution in [0.25, 0.3) is 0 Å². The molecule has 1 heterocycles. The molecule has 0 radical (unpaired) electrons. The van der Waals surface area contributed by atoms with Gasteiger partial charge in [-0.3, -0.25) is 9.69 Å². The fraction of sp³-hybridized carbons (Fsp3) is 0.500. The van der Waals surface area contributed by atoms with Gasteiger partial charge in [0.05, 0.1) is 18.2 Å². The Kier molecular flexibility index (Phi) is 4.75. The van der Waals surface area contributed by atoms with Gasteiger partial charge in [0, 0.05) is 11.6 Å². The summed E-state index contributed by atoms with van der Waals surface area (Å²) in [4.78, 5) is 14.3. The van der Waals surface area contributed by atoms with Crippen molar-refractivity contribution in [2.75, 3.05) is 19.7 Å². The van der Waals surface area contributed by atoms with Gasteiger partial charge in [0.15, 0.2) is 5.78 Å². The molecule has 1 unspecified atom stereocenters. The van der Waals surface area contributed by atoms with E-state index in [9.17, 15) is 9.90 Å². The highest BCUT2D eigenvalue weighted by Gasteiger charge is 2.24. The van der Waals surface area contributed by atoms with Gasteiger partial charge >= 0.3 is 0 Å². The Morgan fingerprint density at radius 3 is 2.89 bits per heavy atom. The van der Waals surface area contributed by atoms with Gasteiger partial charge in [-0.2, -0.15) is 0 Å². The third kappa shape index (κ3) is 3.10. The van der Waals surface area contributed by atoms with Crippen LogP contribution < -0.4 is 0 Å². The molecule has 0 bridgehead atoms. The molecule has 1 N–H and O–H groups in total. The smallest absolute Gasteiger partial charge is 0.178 e. The Morgan fingerprint density at radius 1 is 1.39 bits per heavy atom. The predicted octanol–water partition coefficient (Wildman–Crippen LogP) is 2.37. The lowest BCUT2D eigenvalue weighted by Crippen LogP contribution is -2.44. The Balaban J connectivity index is 2.04. The molecule has 1 fully saturated rings. The molecule has 1 saturated heterocycles. The molecule has 0 spiro atoms. The zero-order valence-electron chi connectivity index (χ0n) is 10.3. The lowest BCUT2D eigenvalue weighted by atomic mass is 10.0. The molecule has 18 heavy (non-hydrogen) atoms. The molecule has 1 aromatic carbocycles. The number of ketones is 1. The molecule has 4 heteroatoms. The summed E-state index contributed by atoms with van der Waals surface area (Å²) in [7, 11) is 0. The molecule has 0 aromatic heterocycles. The van der Waals surface area contributed by atoms with Crippen LogP contribution in [0.5, 0.6) is 0 Å². The second kappa shape index (κ2) is 6.32. The number of aliphatic hydroxyl groups excluding tert-OH is 1. The molecule has 0 aliphatic carbocycles. The summed E-state index contributed by atoms with van der Waals surface area (Å²) in [6, 6.07) is 7.23. The first-order chi connectivity index (χ1) is 8.72. The number of Topliss-reactive ketones (excluding diaryl/α,β-unsaturated/α-hetero) is 1. The number of carbonyl (C=O) groups is 1. The van der Waals surface area contributed by atoms with Crippen molar-refractivity contribution in [3.63, 3.8) is 0 Å². The van der Waals surface area contributed by atoms with Crippen LogP contribution in [0.4, 0.5) is 0 Å². The lowest BCUT2D eigenvalue weighted by molar-refractivity contribution is 0.0711. The normalized spacial score (nSPS) is 20.9. The summed E-state index contributed by atoms with van der Waals surface area (Å²) >= 11 is 6.02. The number of hydrogen-bond donors (Lipinski definition) is 1. The van der Waals surface area contributed by atoms with Crippen LogP contribution in [0.1, 0.15) is 29.6 Å². The van der Waals surface area contributed by atoms with Gasteiger partial charge in [-0.15, -0.1) is 0 Å². The number of aliphatic hydroxyl groups is 1. The topological polar surface area (TPSA) is 40.5 Å². The standard InChI is InChI=1S/C14H18ClNO2/c15-13-7-2-1-6-12(13)14(18)9-16-8-4-3-5-11(16)10-17/h1-2,6-7,11,17H,3-5,8-10H2. The summed E-state index contributed by atoms with van der Waals surface area (Å²) < 4.78 is 0. The van der Waals surface area contributed by atoms with Crippen molar-refractivity contribution in [1.29, 1.82) is 0 Å². The van der Waals surface area contributed by atoms with Crippen molar-refractivity contribution in [3.8, 4) is 0 Å². The maximum Gasteiger partial charge on any atom is 0.178 e. The molecule has 1 atom stereocenters. The van der Waals surface area contributed by atoms with Crippen LogP contribution >= 0.6 is 11.6 Å². The summed E-state index contributed by atoms with van der Waals surface area (Å²) in [5.74, 6) is 0.0287. The van der Waals surface area contributed by atoms with Gasteiger partial charge in [0.25, 0.3) is 0 Å². The molecule has 0 amide bonds. The summed E-state index contributed by atoms with van der Waals surface area (Å²) in [5.41, 5.74) is 0.571. The van der Waals surface area contributed by atoms with Gasteiger partial charge in [0.2, 0.25) is 0 Å². The van der Waals surface area contributed by atoms with E-state index in [1.54, 1.807) is 12.1 Å². The van der Waals surface area contributed by atoms with Gasteiger partial charge in [0.1, 0.15) is 0 Å². The van der Waals surface area contributed by atoms with Crippen molar-refractivity contribution < 1.29 is 9.90 Å². The van der Waals surface area contributed by atoms with Gasteiger partial charge < -0.3 is 5.11 Å². The second-order valence-corrected chi connectivity index (χ2v) is 5.11. The van der Waals surface area contributed by atoms with E-state index in [4.69, 9.17) is 11.6 Å². The van der Waals surface area contributed by atoms with E-state index in [0.29, 0.717) is 17.1 Å². The van der Waals surface area contributed by atoms with E-state index < -0.39 is 0 Å². The maximum atomic E-state index is 12.2. The third-order valence-corrected chi connectivity index (χ3v) is 3.81. The van der Waals surface area contributed by atoms with E-state index in [0.717, 1.165) is 25.8 Å². The first kappa shape index (κ1) is 13.5. The number of hydrogen-bond acceptors (Lipinski definition) is 3. The Bertz CT molecular complexity index is 422. The number of nitrogens with zero attached hydrogens (tertiary/aromatic N) is 1. The van der Waals surface area contributed by atoms with Gasteiger partial charge in [-0.1, -0.05) is 30.2 Å². The number of rotatable bonds is 4. The van der Waals surface area contributed by atoms with E-state index in [2.05, 4.69) is 4.90 Å². The lowest BCUT2D eigenvalue weighted by Gasteiger charge is -2.33. The molecule has 2 rings (SSSR count). The molecule has 98 valence electrons.